The number of methoxy groups -OCH3 is 1. The van der Waals surface area contributed by atoms with Gasteiger partial charge in [-0.1, -0.05) is 0 Å². The van der Waals surface area contributed by atoms with Crippen LogP contribution in [-0.4, -0.2) is 28.4 Å². The van der Waals surface area contributed by atoms with E-state index in [4.69, 9.17) is 14.6 Å². The minimum Gasteiger partial charge on any atom is -0.497 e. The quantitative estimate of drug-likeness (QED) is 0.570. The van der Waals surface area contributed by atoms with Gasteiger partial charge in [0.05, 0.1) is 23.3 Å². The lowest BCUT2D eigenvalue weighted by molar-refractivity contribution is -0.0916. The van der Waals surface area contributed by atoms with Crippen LogP contribution in [0.1, 0.15) is 12.5 Å². The number of hydrogen-bond acceptors (Lipinski definition) is 5. The van der Waals surface area contributed by atoms with E-state index in [1.165, 1.54) is 37.4 Å². The minimum atomic E-state index is -4.67. The van der Waals surface area contributed by atoms with Gasteiger partial charge in [0.1, 0.15) is 17.3 Å². The third kappa shape index (κ3) is 4.90. The van der Waals surface area contributed by atoms with Crippen LogP contribution < -0.4 is 14.6 Å². The Morgan fingerprint density at radius 1 is 1.11 bits per heavy atom. The van der Waals surface area contributed by atoms with Gasteiger partial charge in [-0.15, -0.1) is 0 Å². The number of primary sulfonamides is 1. The molecule has 0 fully saturated rings. The van der Waals surface area contributed by atoms with Gasteiger partial charge in [0, 0.05) is 11.6 Å². The van der Waals surface area contributed by atoms with Crippen molar-refractivity contribution in [2.75, 3.05) is 7.11 Å². The van der Waals surface area contributed by atoms with Crippen LogP contribution in [0.15, 0.2) is 57.9 Å². The molecule has 0 saturated carbocycles. The van der Waals surface area contributed by atoms with Gasteiger partial charge in [-0.05, 0) is 50.0 Å². The van der Waals surface area contributed by atoms with Gasteiger partial charge in [0.25, 0.3) is 0 Å². The summed E-state index contributed by atoms with van der Waals surface area (Å²) in [6.07, 6.45) is -4.67. The molecule has 0 amide bonds. The molecule has 150 valence electrons. The van der Waals surface area contributed by atoms with Gasteiger partial charge in [0.15, 0.2) is 0 Å². The molecule has 0 spiro atoms. The average Bonchev–Trinajstić information content (AvgIpc) is 2.64. The molecule has 0 unspecified atom stereocenters. The lowest BCUT2D eigenvalue weighted by Crippen LogP contribution is -2.14. The highest BCUT2D eigenvalue weighted by Crippen LogP contribution is 2.38. The second kappa shape index (κ2) is 8.03. The first-order chi connectivity index (χ1) is 13.0. The summed E-state index contributed by atoms with van der Waals surface area (Å²) in [5.74, 6) is -0.134. The van der Waals surface area contributed by atoms with Crippen LogP contribution in [0, 0.1) is 0 Å². The van der Waals surface area contributed by atoms with Crippen LogP contribution in [-0.2, 0) is 10.0 Å². The predicted molar refractivity (Wildman–Crippen MR) is 99.3 cm³/mol. The highest BCUT2D eigenvalue weighted by atomic mass is 32.2. The molecule has 0 radical (unpaired) electrons. The lowest BCUT2D eigenvalue weighted by Gasteiger charge is -2.18. The third-order valence-corrected chi connectivity index (χ3v) is 4.69. The van der Waals surface area contributed by atoms with Crippen molar-refractivity contribution in [1.29, 1.82) is 0 Å². The minimum absolute atomic E-state index is 0.0168. The van der Waals surface area contributed by atoms with Gasteiger partial charge < -0.3 is 9.47 Å². The number of halogens is 3. The molecule has 2 aromatic rings. The Hall–Kier alpha value is -2.85. The number of rotatable bonds is 6. The maximum Gasteiger partial charge on any atom is 0.415 e. The molecule has 6 nitrogen and oxygen atoms in total. The van der Waals surface area contributed by atoms with Crippen LogP contribution in [0.5, 0.6) is 11.5 Å². The largest absolute Gasteiger partial charge is 0.497 e. The second-order valence-electron chi connectivity index (χ2n) is 5.61. The molecule has 10 heteroatoms. The number of hydrogen-bond donors (Lipinski definition) is 1. The maximum absolute atomic E-state index is 13.4. The normalized spacial score (nSPS) is 12.9. The van der Waals surface area contributed by atoms with Gasteiger partial charge in [-0.2, -0.15) is 13.2 Å². The number of nitrogens with zero attached hydrogens (tertiary/aromatic N) is 1. The Morgan fingerprint density at radius 3 is 2.14 bits per heavy atom. The molecule has 0 aliphatic carbocycles. The summed E-state index contributed by atoms with van der Waals surface area (Å²) in [7, 11) is -2.54. The number of ether oxygens (including phenoxy) is 2. The maximum atomic E-state index is 13.4. The Bertz CT molecular complexity index is 1010. The summed E-state index contributed by atoms with van der Waals surface area (Å²) in [6.45, 7) is 4.24. The number of nitrogens with two attached hydrogens (primary N) is 1. The molecular weight excluding hydrogens is 397 g/mol. The fourth-order valence-corrected chi connectivity index (χ4v) is 2.75. The molecule has 0 atom stereocenters. The van der Waals surface area contributed by atoms with E-state index in [-0.39, 0.29) is 21.9 Å². The topological polar surface area (TPSA) is 91.0 Å². The molecule has 2 aromatic carbocycles. The zero-order valence-corrected chi connectivity index (χ0v) is 15.8. The summed E-state index contributed by atoms with van der Waals surface area (Å²) in [6, 6.07) is 8.91. The predicted octanol–water partition coefficient (Wildman–Crippen LogP) is 4.05. The third-order valence-electron chi connectivity index (χ3n) is 3.76. The lowest BCUT2D eigenvalue weighted by atomic mass is 10.1. The van der Waals surface area contributed by atoms with Crippen molar-refractivity contribution < 1.29 is 31.1 Å². The highest BCUT2D eigenvalue weighted by Gasteiger charge is 2.35. The summed E-state index contributed by atoms with van der Waals surface area (Å²) in [4.78, 5) is 3.55. The summed E-state index contributed by atoms with van der Waals surface area (Å²) in [5.41, 5.74) is -0.835. The first-order valence-corrected chi connectivity index (χ1v) is 9.26. The number of aliphatic imine (C=N–C) groups is 1. The monoisotopic (exact) mass is 414 g/mol. The van der Waals surface area contributed by atoms with E-state index in [0.717, 1.165) is 19.1 Å². The molecule has 0 saturated heterocycles. The van der Waals surface area contributed by atoms with Crippen molar-refractivity contribution in [1.82, 2.24) is 0 Å². The average molecular weight is 414 g/mol. The zero-order valence-electron chi connectivity index (χ0n) is 14.9. The van der Waals surface area contributed by atoms with Crippen LogP contribution in [0.2, 0.25) is 0 Å². The molecule has 0 aliphatic rings. The Balaban J connectivity index is 2.58. The van der Waals surface area contributed by atoms with E-state index in [1.54, 1.807) is 0 Å². The highest BCUT2D eigenvalue weighted by molar-refractivity contribution is 7.89. The van der Waals surface area contributed by atoms with Crippen molar-refractivity contribution in [3.8, 4) is 11.5 Å². The summed E-state index contributed by atoms with van der Waals surface area (Å²) >= 11 is 0. The van der Waals surface area contributed by atoms with Crippen molar-refractivity contribution in [3.63, 3.8) is 0 Å². The summed E-state index contributed by atoms with van der Waals surface area (Å²) < 4.78 is 73.3. The smallest absolute Gasteiger partial charge is 0.415 e. The Kier molecular flexibility index (Phi) is 6.15. The molecular formula is C18H17F3N2O4S. The van der Waals surface area contributed by atoms with Crippen LogP contribution in [0.25, 0.3) is 5.76 Å². The fraction of sp³-hybridized carbons (Fsp3) is 0.167. The first kappa shape index (κ1) is 21.5. The first-order valence-electron chi connectivity index (χ1n) is 7.71. The van der Waals surface area contributed by atoms with Crippen molar-refractivity contribution in [3.05, 3.63) is 53.6 Å². The van der Waals surface area contributed by atoms with Gasteiger partial charge >= 0.3 is 6.18 Å². The SMILES string of the molecule is C=Nc1cc(OC)ccc1/C(Oc1ccc(S(N)(=O)=O)cc1)=C(\C)C(F)(F)F. The molecule has 0 heterocycles. The molecule has 0 aromatic heterocycles. The standard InChI is InChI=1S/C18H17F3N2O4S/c1-11(18(19,20)21)17(15-9-6-13(26-3)10-16(15)23-2)27-12-4-7-14(8-5-12)28(22,24)25/h4-10H,2H2,1,3H3,(H2,22,24,25)/b17-11-. The van der Waals surface area contributed by atoms with E-state index in [1.807, 2.05) is 0 Å². The number of allylic oxidation sites excluding steroid dienone is 1. The summed E-state index contributed by atoms with van der Waals surface area (Å²) in [5, 5.41) is 5.01. The number of sulfonamides is 1. The van der Waals surface area contributed by atoms with E-state index in [0.29, 0.717) is 5.75 Å². The number of alkyl halides is 3. The van der Waals surface area contributed by atoms with Crippen LogP contribution in [0.4, 0.5) is 18.9 Å². The van der Waals surface area contributed by atoms with Gasteiger partial charge in [-0.25, -0.2) is 13.6 Å². The van der Waals surface area contributed by atoms with E-state index < -0.39 is 27.5 Å². The Labute approximate surface area is 160 Å². The van der Waals surface area contributed by atoms with Crippen LogP contribution >= 0.6 is 0 Å². The van der Waals surface area contributed by atoms with Crippen LogP contribution in [0.3, 0.4) is 0 Å². The Morgan fingerprint density at radius 2 is 1.68 bits per heavy atom. The number of benzene rings is 2. The van der Waals surface area contributed by atoms with Crippen molar-refractivity contribution >= 4 is 28.2 Å². The molecule has 2 rings (SSSR count). The fourth-order valence-electron chi connectivity index (χ4n) is 2.24. The van der Waals surface area contributed by atoms with E-state index in [2.05, 4.69) is 11.7 Å². The molecule has 0 bridgehead atoms. The van der Waals surface area contributed by atoms with Crippen molar-refractivity contribution in [2.45, 2.75) is 18.0 Å². The van der Waals surface area contributed by atoms with E-state index >= 15 is 0 Å². The van der Waals surface area contributed by atoms with Gasteiger partial charge in [0.2, 0.25) is 10.0 Å². The van der Waals surface area contributed by atoms with Crippen molar-refractivity contribution in [2.24, 2.45) is 10.1 Å². The molecule has 28 heavy (non-hydrogen) atoms. The second-order valence-corrected chi connectivity index (χ2v) is 7.17. The molecule has 0 aliphatic heterocycles. The zero-order chi connectivity index (χ0) is 21.1. The van der Waals surface area contributed by atoms with E-state index in [9.17, 15) is 21.6 Å². The van der Waals surface area contributed by atoms with Gasteiger partial charge in [-0.3, -0.25) is 4.99 Å². The molecule has 2 N–H and O–H groups in total.